The lowest BCUT2D eigenvalue weighted by molar-refractivity contribution is -0.127. The Balaban J connectivity index is 1.74. The summed E-state index contributed by atoms with van der Waals surface area (Å²) in [5.41, 5.74) is 1.23. The number of carbonyl (C=O) groups excluding carboxylic acids is 1. The standard InChI is InChI=1S/C14H18N4OS/c1-11-15-13(17-16-11)8-18(2)14(19)10-20-9-12-6-4-3-5-7-12/h3-7H,8-10H2,1-2H3,(H,15,16,17). The number of rotatable bonds is 6. The van der Waals surface area contributed by atoms with E-state index in [9.17, 15) is 4.79 Å². The molecule has 0 radical (unpaired) electrons. The van der Waals surface area contributed by atoms with E-state index in [1.54, 1.807) is 23.7 Å². The van der Waals surface area contributed by atoms with Crippen LogP contribution in [-0.4, -0.2) is 38.8 Å². The summed E-state index contributed by atoms with van der Waals surface area (Å²) in [6.07, 6.45) is 0. The summed E-state index contributed by atoms with van der Waals surface area (Å²) >= 11 is 1.62. The van der Waals surface area contributed by atoms with Gasteiger partial charge in [-0.15, -0.1) is 11.8 Å². The van der Waals surface area contributed by atoms with Gasteiger partial charge in [-0.3, -0.25) is 9.89 Å². The Labute approximate surface area is 122 Å². The Hall–Kier alpha value is -1.82. The number of nitrogens with zero attached hydrogens (tertiary/aromatic N) is 3. The summed E-state index contributed by atoms with van der Waals surface area (Å²) < 4.78 is 0. The van der Waals surface area contributed by atoms with Crippen LogP contribution in [0.15, 0.2) is 30.3 Å². The highest BCUT2D eigenvalue weighted by Gasteiger charge is 2.11. The van der Waals surface area contributed by atoms with E-state index in [-0.39, 0.29) is 5.91 Å². The molecule has 5 nitrogen and oxygen atoms in total. The number of thioether (sulfide) groups is 1. The van der Waals surface area contributed by atoms with Gasteiger partial charge in [-0.1, -0.05) is 30.3 Å². The minimum atomic E-state index is 0.0911. The molecule has 1 heterocycles. The van der Waals surface area contributed by atoms with Crippen LogP contribution in [0.25, 0.3) is 0 Å². The molecule has 6 heteroatoms. The second-order valence-corrected chi connectivity index (χ2v) is 5.55. The third-order valence-corrected chi connectivity index (χ3v) is 3.77. The first kappa shape index (κ1) is 14.6. The van der Waals surface area contributed by atoms with E-state index < -0.39 is 0 Å². The molecule has 1 N–H and O–H groups in total. The number of carbonyl (C=O) groups is 1. The van der Waals surface area contributed by atoms with Crippen molar-refractivity contribution in [2.24, 2.45) is 0 Å². The number of benzene rings is 1. The van der Waals surface area contributed by atoms with Crippen LogP contribution >= 0.6 is 11.8 Å². The molecular weight excluding hydrogens is 272 g/mol. The van der Waals surface area contributed by atoms with Gasteiger partial charge in [0.1, 0.15) is 5.82 Å². The number of H-pyrrole nitrogens is 1. The topological polar surface area (TPSA) is 61.9 Å². The minimum Gasteiger partial charge on any atom is -0.337 e. The number of hydrogen-bond acceptors (Lipinski definition) is 4. The lowest BCUT2D eigenvalue weighted by atomic mass is 10.2. The van der Waals surface area contributed by atoms with Gasteiger partial charge in [0.15, 0.2) is 5.82 Å². The van der Waals surface area contributed by atoms with E-state index in [0.717, 1.165) is 11.6 Å². The number of nitrogens with one attached hydrogen (secondary N) is 1. The van der Waals surface area contributed by atoms with Crippen molar-refractivity contribution in [1.29, 1.82) is 0 Å². The van der Waals surface area contributed by atoms with E-state index >= 15 is 0 Å². The van der Waals surface area contributed by atoms with Crippen LogP contribution in [0.4, 0.5) is 0 Å². The first-order valence-electron chi connectivity index (χ1n) is 6.38. The first-order chi connectivity index (χ1) is 9.65. The summed E-state index contributed by atoms with van der Waals surface area (Å²) in [5, 5.41) is 6.80. The van der Waals surface area contributed by atoms with E-state index in [2.05, 4.69) is 27.3 Å². The third-order valence-electron chi connectivity index (χ3n) is 2.78. The van der Waals surface area contributed by atoms with Crippen LogP contribution in [0.3, 0.4) is 0 Å². The van der Waals surface area contributed by atoms with Gasteiger partial charge in [0.2, 0.25) is 5.91 Å². The van der Waals surface area contributed by atoms with Gasteiger partial charge in [-0.2, -0.15) is 5.10 Å². The van der Waals surface area contributed by atoms with Gasteiger partial charge in [-0.25, -0.2) is 4.98 Å². The van der Waals surface area contributed by atoms with E-state index in [1.165, 1.54) is 5.56 Å². The lowest BCUT2D eigenvalue weighted by Crippen LogP contribution is -2.28. The zero-order valence-electron chi connectivity index (χ0n) is 11.7. The van der Waals surface area contributed by atoms with Gasteiger partial charge in [0.25, 0.3) is 0 Å². The Morgan fingerprint density at radius 3 is 2.75 bits per heavy atom. The van der Waals surface area contributed by atoms with Crippen molar-refractivity contribution in [2.45, 2.75) is 19.2 Å². The lowest BCUT2D eigenvalue weighted by Gasteiger charge is -2.14. The summed E-state index contributed by atoms with van der Waals surface area (Å²) in [6, 6.07) is 10.1. The Kier molecular flexibility index (Phi) is 5.17. The molecule has 0 spiro atoms. The highest BCUT2D eigenvalue weighted by atomic mass is 32.2. The Morgan fingerprint density at radius 1 is 1.35 bits per heavy atom. The maximum Gasteiger partial charge on any atom is 0.232 e. The molecule has 0 unspecified atom stereocenters. The molecular formula is C14H18N4OS. The predicted octanol–water partition coefficient (Wildman–Crippen LogP) is 2.00. The van der Waals surface area contributed by atoms with Crippen LogP contribution in [-0.2, 0) is 17.1 Å². The maximum absolute atomic E-state index is 12.0. The molecule has 1 amide bonds. The third kappa shape index (κ3) is 4.38. The highest BCUT2D eigenvalue weighted by Crippen LogP contribution is 2.12. The Morgan fingerprint density at radius 2 is 2.10 bits per heavy atom. The summed E-state index contributed by atoms with van der Waals surface area (Å²) in [4.78, 5) is 17.8. The molecule has 106 valence electrons. The molecule has 1 aromatic carbocycles. The van der Waals surface area contributed by atoms with Crippen molar-refractivity contribution >= 4 is 17.7 Å². The van der Waals surface area contributed by atoms with Crippen LogP contribution in [0, 0.1) is 6.92 Å². The predicted molar refractivity (Wildman–Crippen MR) is 80.2 cm³/mol. The SMILES string of the molecule is Cc1nc(CN(C)C(=O)CSCc2ccccc2)n[nH]1. The molecule has 0 aliphatic carbocycles. The number of aromatic nitrogens is 3. The molecule has 1 aromatic heterocycles. The normalized spacial score (nSPS) is 10.5. The fraction of sp³-hybridized carbons (Fsp3) is 0.357. The number of aryl methyl sites for hydroxylation is 1. The molecule has 0 atom stereocenters. The average Bonchev–Trinajstić information content (AvgIpc) is 2.85. The molecule has 0 fully saturated rings. The van der Waals surface area contributed by atoms with Gasteiger partial charge in [0, 0.05) is 12.8 Å². The molecule has 20 heavy (non-hydrogen) atoms. The largest absolute Gasteiger partial charge is 0.337 e. The molecule has 0 saturated heterocycles. The van der Waals surface area contributed by atoms with E-state index in [0.29, 0.717) is 18.1 Å². The minimum absolute atomic E-state index is 0.0911. The van der Waals surface area contributed by atoms with E-state index in [4.69, 9.17) is 0 Å². The number of hydrogen-bond donors (Lipinski definition) is 1. The maximum atomic E-state index is 12.0. The van der Waals surface area contributed by atoms with Crippen molar-refractivity contribution in [3.63, 3.8) is 0 Å². The van der Waals surface area contributed by atoms with Gasteiger partial charge < -0.3 is 4.90 Å². The van der Waals surface area contributed by atoms with Crippen molar-refractivity contribution in [2.75, 3.05) is 12.8 Å². The van der Waals surface area contributed by atoms with Crippen molar-refractivity contribution < 1.29 is 4.79 Å². The van der Waals surface area contributed by atoms with Crippen molar-refractivity contribution in [1.82, 2.24) is 20.1 Å². The number of aromatic amines is 1. The zero-order valence-corrected chi connectivity index (χ0v) is 12.5. The summed E-state index contributed by atoms with van der Waals surface area (Å²) in [5.74, 6) is 2.81. The van der Waals surface area contributed by atoms with Gasteiger partial charge in [-0.05, 0) is 12.5 Å². The van der Waals surface area contributed by atoms with Crippen LogP contribution in [0.1, 0.15) is 17.2 Å². The zero-order chi connectivity index (χ0) is 14.4. The van der Waals surface area contributed by atoms with Crippen LogP contribution < -0.4 is 0 Å². The summed E-state index contributed by atoms with van der Waals surface area (Å²) in [6.45, 7) is 2.28. The van der Waals surface area contributed by atoms with Crippen molar-refractivity contribution in [3.8, 4) is 0 Å². The van der Waals surface area contributed by atoms with Crippen LogP contribution in [0.2, 0.25) is 0 Å². The second kappa shape index (κ2) is 7.09. The van der Waals surface area contributed by atoms with Gasteiger partial charge >= 0.3 is 0 Å². The fourth-order valence-electron chi connectivity index (χ4n) is 1.70. The van der Waals surface area contributed by atoms with E-state index in [1.807, 2.05) is 25.1 Å². The van der Waals surface area contributed by atoms with Crippen molar-refractivity contribution in [3.05, 3.63) is 47.5 Å². The second-order valence-electron chi connectivity index (χ2n) is 4.57. The monoisotopic (exact) mass is 290 g/mol. The molecule has 0 aliphatic rings. The highest BCUT2D eigenvalue weighted by molar-refractivity contribution is 7.99. The van der Waals surface area contributed by atoms with Gasteiger partial charge in [0.05, 0.1) is 12.3 Å². The smallest absolute Gasteiger partial charge is 0.232 e. The number of amides is 1. The molecule has 2 rings (SSSR count). The first-order valence-corrected chi connectivity index (χ1v) is 7.54. The molecule has 0 bridgehead atoms. The molecule has 0 aliphatic heterocycles. The van der Waals surface area contributed by atoms with Crippen LogP contribution in [0.5, 0.6) is 0 Å². The Bertz CT molecular complexity index is 555. The summed E-state index contributed by atoms with van der Waals surface area (Å²) in [7, 11) is 1.77. The molecule has 0 saturated carbocycles. The molecule has 2 aromatic rings. The average molecular weight is 290 g/mol. The quantitative estimate of drug-likeness (QED) is 0.884. The fourth-order valence-corrected chi connectivity index (χ4v) is 2.63.